The summed E-state index contributed by atoms with van der Waals surface area (Å²) in [5, 5.41) is 0. The average Bonchev–Trinajstić information content (AvgIpc) is 2.77. The number of nitrogens with zero attached hydrogens (tertiary/aromatic N) is 3. The van der Waals surface area contributed by atoms with Gasteiger partial charge in [0.05, 0.1) is 16.5 Å². The van der Waals surface area contributed by atoms with Crippen molar-refractivity contribution in [3.05, 3.63) is 60.2 Å². The molecule has 2 aromatic rings. The summed E-state index contributed by atoms with van der Waals surface area (Å²) in [5.41, 5.74) is -0.131. The smallest absolute Gasteiger partial charge is 0.314 e. The molecule has 168 valence electrons. The fraction of sp³-hybridized carbons (Fsp3) is 0.381. The summed E-state index contributed by atoms with van der Waals surface area (Å²) in [6.07, 6.45) is -4.52. The molecule has 0 saturated carbocycles. The van der Waals surface area contributed by atoms with Gasteiger partial charge in [0.1, 0.15) is 0 Å². The molecule has 0 N–H and O–H groups in total. The van der Waals surface area contributed by atoms with Crippen LogP contribution in [0, 0.1) is 0 Å². The molecule has 10 heteroatoms. The molecule has 3 rings (SSSR count). The van der Waals surface area contributed by atoms with Gasteiger partial charge in [-0.05, 0) is 43.3 Å². The van der Waals surface area contributed by atoms with E-state index in [9.17, 15) is 26.4 Å². The zero-order chi connectivity index (χ0) is 22.8. The number of rotatable bonds is 5. The lowest BCUT2D eigenvalue weighted by molar-refractivity contribution is -0.137. The summed E-state index contributed by atoms with van der Waals surface area (Å²) >= 11 is 0. The number of hydrogen-bond donors (Lipinski definition) is 0. The molecule has 1 fully saturated rings. The van der Waals surface area contributed by atoms with E-state index >= 15 is 0 Å². The van der Waals surface area contributed by atoms with Crippen LogP contribution in [0.4, 0.5) is 18.9 Å². The molecule has 0 radical (unpaired) electrons. The van der Waals surface area contributed by atoms with Gasteiger partial charge in [-0.3, -0.25) is 9.69 Å². The number of likely N-dealkylation sites (N-methyl/N-ethyl adjacent to an activating group) is 1. The highest BCUT2D eigenvalue weighted by Gasteiger charge is 2.34. The van der Waals surface area contributed by atoms with Crippen LogP contribution in [0.5, 0.6) is 0 Å². The van der Waals surface area contributed by atoms with Gasteiger partial charge in [-0.25, -0.2) is 8.42 Å². The highest BCUT2D eigenvalue weighted by atomic mass is 32.2. The number of para-hydroxylation sites is 1. The van der Waals surface area contributed by atoms with E-state index in [2.05, 4.69) is 0 Å². The maximum Gasteiger partial charge on any atom is 0.416 e. The minimum atomic E-state index is -4.52. The number of benzene rings is 2. The molecule has 0 bridgehead atoms. The molecule has 31 heavy (non-hydrogen) atoms. The number of anilines is 1. The van der Waals surface area contributed by atoms with E-state index in [4.69, 9.17) is 0 Å². The van der Waals surface area contributed by atoms with Gasteiger partial charge in [-0.1, -0.05) is 18.2 Å². The zero-order valence-corrected chi connectivity index (χ0v) is 18.0. The molecule has 0 spiro atoms. The van der Waals surface area contributed by atoms with Crippen LogP contribution in [0.15, 0.2) is 59.5 Å². The van der Waals surface area contributed by atoms with Crippen LogP contribution >= 0.6 is 0 Å². The number of sulfonamides is 1. The van der Waals surface area contributed by atoms with Crippen LogP contribution in [0.25, 0.3) is 0 Å². The van der Waals surface area contributed by atoms with E-state index in [1.807, 2.05) is 35.2 Å². The van der Waals surface area contributed by atoms with E-state index in [-0.39, 0.29) is 23.9 Å². The van der Waals surface area contributed by atoms with Crippen molar-refractivity contribution in [2.45, 2.75) is 24.0 Å². The lowest BCUT2D eigenvalue weighted by Gasteiger charge is -2.37. The summed E-state index contributed by atoms with van der Waals surface area (Å²) in [4.78, 5) is 16.1. The first-order chi connectivity index (χ1) is 14.5. The lowest BCUT2D eigenvalue weighted by Crippen LogP contribution is -2.55. The van der Waals surface area contributed by atoms with Crippen molar-refractivity contribution in [2.24, 2.45) is 0 Å². The maximum atomic E-state index is 12.8. The molecule has 1 aliphatic heterocycles. The second-order valence-electron chi connectivity index (χ2n) is 7.37. The van der Waals surface area contributed by atoms with E-state index < -0.39 is 27.8 Å². The quantitative estimate of drug-likeness (QED) is 0.696. The summed E-state index contributed by atoms with van der Waals surface area (Å²) < 4.78 is 65.0. The number of amides is 1. The van der Waals surface area contributed by atoms with Crippen LogP contribution in [0.3, 0.4) is 0 Å². The highest BCUT2D eigenvalue weighted by Crippen LogP contribution is 2.30. The SMILES string of the molecule is CC(C(=O)N(C)c1ccccc1)N1CCN(S(=O)(=O)c2ccc(C(F)(F)F)cc2)CC1. The van der Waals surface area contributed by atoms with Crippen molar-refractivity contribution in [3.63, 3.8) is 0 Å². The maximum absolute atomic E-state index is 12.8. The Morgan fingerprint density at radius 2 is 1.52 bits per heavy atom. The predicted molar refractivity (Wildman–Crippen MR) is 111 cm³/mol. The number of hydrogen-bond acceptors (Lipinski definition) is 4. The molecule has 0 aromatic heterocycles. The second kappa shape index (κ2) is 8.97. The van der Waals surface area contributed by atoms with Crippen molar-refractivity contribution in [1.29, 1.82) is 0 Å². The minimum Gasteiger partial charge on any atom is -0.314 e. The van der Waals surface area contributed by atoms with Gasteiger partial charge in [0.15, 0.2) is 0 Å². The molecular formula is C21H24F3N3O3S. The highest BCUT2D eigenvalue weighted by molar-refractivity contribution is 7.89. The number of halogens is 3. The minimum absolute atomic E-state index is 0.106. The van der Waals surface area contributed by atoms with Gasteiger partial charge in [0.25, 0.3) is 0 Å². The number of carbonyl (C=O) groups is 1. The van der Waals surface area contributed by atoms with Gasteiger partial charge in [-0.2, -0.15) is 17.5 Å². The van der Waals surface area contributed by atoms with Gasteiger partial charge >= 0.3 is 6.18 Å². The van der Waals surface area contributed by atoms with Gasteiger partial charge < -0.3 is 4.90 Å². The third-order valence-electron chi connectivity index (χ3n) is 5.47. The Labute approximate surface area is 179 Å². The first-order valence-electron chi connectivity index (χ1n) is 9.76. The Morgan fingerprint density at radius 3 is 2.03 bits per heavy atom. The van der Waals surface area contributed by atoms with E-state index in [1.165, 1.54) is 4.31 Å². The monoisotopic (exact) mass is 455 g/mol. The third kappa shape index (κ3) is 5.08. The van der Waals surface area contributed by atoms with E-state index in [1.54, 1.807) is 18.9 Å². The molecule has 1 atom stereocenters. The molecule has 0 aliphatic carbocycles. The van der Waals surface area contributed by atoms with E-state index in [0.29, 0.717) is 13.1 Å². The summed E-state index contributed by atoms with van der Waals surface area (Å²) in [5.74, 6) is -0.106. The standard InChI is InChI=1S/C21H24F3N3O3S/c1-16(20(28)25(2)18-6-4-3-5-7-18)26-12-14-27(15-13-26)31(29,30)19-10-8-17(9-11-19)21(22,23)24/h3-11,16H,12-15H2,1-2H3. The Kier molecular flexibility index (Phi) is 6.73. The normalized spacial score (nSPS) is 17.3. The largest absolute Gasteiger partial charge is 0.416 e. The average molecular weight is 456 g/mol. The molecule has 1 saturated heterocycles. The molecule has 1 unspecified atom stereocenters. The Morgan fingerprint density at radius 1 is 0.968 bits per heavy atom. The van der Waals surface area contributed by atoms with Crippen LogP contribution in [0.2, 0.25) is 0 Å². The first-order valence-corrected chi connectivity index (χ1v) is 11.2. The predicted octanol–water partition coefficient (Wildman–Crippen LogP) is 3.06. The van der Waals surface area contributed by atoms with Crippen LogP contribution in [0.1, 0.15) is 12.5 Å². The van der Waals surface area contributed by atoms with Crippen molar-refractivity contribution < 1.29 is 26.4 Å². The van der Waals surface area contributed by atoms with Gasteiger partial charge in [0.2, 0.25) is 15.9 Å². The van der Waals surface area contributed by atoms with Crippen molar-refractivity contribution in [3.8, 4) is 0 Å². The third-order valence-corrected chi connectivity index (χ3v) is 7.38. The Balaban J connectivity index is 1.63. The molecule has 1 heterocycles. The van der Waals surface area contributed by atoms with Gasteiger partial charge in [0, 0.05) is 38.9 Å². The van der Waals surface area contributed by atoms with Crippen molar-refractivity contribution in [1.82, 2.24) is 9.21 Å². The number of alkyl halides is 3. The first kappa shape index (κ1) is 23.2. The van der Waals surface area contributed by atoms with Crippen LogP contribution < -0.4 is 4.90 Å². The molecule has 6 nitrogen and oxygen atoms in total. The fourth-order valence-corrected chi connectivity index (χ4v) is 4.93. The Hall–Kier alpha value is -2.43. The zero-order valence-electron chi connectivity index (χ0n) is 17.2. The molecule has 1 aliphatic rings. The van der Waals surface area contributed by atoms with Crippen LogP contribution in [-0.4, -0.2) is 62.8 Å². The van der Waals surface area contributed by atoms with Crippen LogP contribution in [-0.2, 0) is 21.0 Å². The van der Waals surface area contributed by atoms with Gasteiger partial charge in [-0.15, -0.1) is 0 Å². The fourth-order valence-electron chi connectivity index (χ4n) is 3.51. The molecule has 2 aromatic carbocycles. The van der Waals surface area contributed by atoms with Crippen molar-refractivity contribution >= 4 is 21.6 Å². The number of piperazine rings is 1. The summed E-state index contributed by atoms with van der Waals surface area (Å²) in [6, 6.07) is 12.3. The topological polar surface area (TPSA) is 60.9 Å². The Bertz CT molecular complexity index is 1000. The molecular weight excluding hydrogens is 431 g/mol. The molecule has 1 amide bonds. The summed E-state index contributed by atoms with van der Waals surface area (Å²) in [6.45, 7) is 2.76. The van der Waals surface area contributed by atoms with Crippen molar-refractivity contribution in [2.75, 3.05) is 38.1 Å². The number of carbonyl (C=O) groups excluding carboxylic acids is 1. The summed E-state index contributed by atoms with van der Waals surface area (Å²) in [7, 11) is -2.22. The van der Waals surface area contributed by atoms with E-state index in [0.717, 1.165) is 30.0 Å². The lowest BCUT2D eigenvalue weighted by atomic mass is 10.2. The second-order valence-corrected chi connectivity index (χ2v) is 9.31.